The van der Waals surface area contributed by atoms with Crippen LogP contribution in [-0.2, 0) is 11.8 Å². The molecule has 0 fully saturated rings. The molecule has 2 nitrogen and oxygen atoms in total. The van der Waals surface area contributed by atoms with E-state index in [0.29, 0.717) is 5.56 Å². The van der Waals surface area contributed by atoms with E-state index in [2.05, 4.69) is 6.58 Å². The van der Waals surface area contributed by atoms with Gasteiger partial charge in [-0.1, -0.05) is 50.8 Å². The molecule has 0 heterocycles. The van der Waals surface area contributed by atoms with Crippen molar-refractivity contribution in [2.45, 2.75) is 43.9 Å². The average Bonchev–Trinajstić information content (AvgIpc) is 2.56. The van der Waals surface area contributed by atoms with E-state index >= 15 is 0 Å². The van der Waals surface area contributed by atoms with Gasteiger partial charge >= 0.3 is 6.18 Å². The molecule has 0 radical (unpaired) electrons. The number of hydrogen-bond donors (Lipinski definition) is 2. The van der Waals surface area contributed by atoms with E-state index in [0.717, 1.165) is 23.8 Å². The summed E-state index contributed by atoms with van der Waals surface area (Å²) in [5.41, 5.74) is -3.33. The fraction of sp³-hybridized carbons (Fsp3) is 0.333. The fourth-order valence-electron chi connectivity index (χ4n) is 3.25. The van der Waals surface area contributed by atoms with Crippen LogP contribution in [0.5, 0.6) is 5.75 Å². The van der Waals surface area contributed by atoms with Crippen LogP contribution in [0.4, 0.5) is 17.6 Å². The first-order valence-corrected chi connectivity index (χ1v) is 8.37. The van der Waals surface area contributed by atoms with Gasteiger partial charge in [-0.15, -0.1) is 0 Å². The van der Waals surface area contributed by atoms with E-state index in [9.17, 15) is 27.8 Å². The lowest BCUT2D eigenvalue weighted by Crippen LogP contribution is -2.50. The SMILES string of the molecule is C=Cc1ccc(CC(O)(CC(C)(C)c2cc(F)ccc2O)C(F)(F)F)cc1. The summed E-state index contributed by atoms with van der Waals surface area (Å²) in [5.74, 6) is -0.993. The van der Waals surface area contributed by atoms with Gasteiger partial charge in [-0.2, -0.15) is 13.2 Å². The normalized spacial score (nSPS) is 14.6. The average molecular weight is 382 g/mol. The molecule has 2 aromatic carbocycles. The van der Waals surface area contributed by atoms with E-state index in [1.54, 1.807) is 18.2 Å². The van der Waals surface area contributed by atoms with Crippen molar-refractivity contribution in [2.24, 2.45) is 0 Å². The van der Waals surface area contributed by atoms with Crippen LogP contribution in [0.1, 0.15) is 37.0 Å². The van der Waals surface area contributed by atoms with E-state index in [1.165, 1.54) is 26.0 Å². The molecule has 1 unspecified atom stereocenters. The molecule has 0 aliphatic carbocycles. The third-order valence-electron chi connectivity index (χ3n) is 4.66. The number of aliphatic hydroxyl groups is 1. The van der Waals surface area contributed by atoms with Crippen LogP contribution in [0.25, 0.3) is 6.08 Å². The minimum atomic E-state index is -4.91. The maximum absolute atomic E-state index is 13.8. The number of phenolic OH excluding ortho intramolecular Hbond substituents is 1. The summed E-state index contributed by atoms with van der Waals surface area (Å²) in [5, 5.41) is 20.5. The summed E-state index contributed by atoms with van der Waals surface area (Å²) in [4.78, 5) is 0. The van der Waals surface area contributed by atoms with Gasteiger partial charge in [0.1, 0.15) is 11.6 Å². The lowest BCUT2D eigenvalue weighted by atomic mass is 9.72. The van der Waals surface area contributed by atoms with Gasteiger partial charge < -0.3 is 10.2 Å². The summed E-state index contributed by atoms with van der Waals surface area (Å²) in [6.45, 7) is 6.45. The summed E-state index contributed by atoms with van der Waals surface area (Å²) in [6, 6.07) is 9.33. The highest BCUT2D eigenvalue weighted by Crippen LogP contribution is 2.44. The quantitative estimate of drug-likeness (QED) is 0.659. The number of phenols is 1. The number of hydrogen-bond acceptors (Lipinski definition) is 2. The van der Waals surface area contributed by atoms with Gasteiger partial charge in [0, 0.05) is 12.0 Å². The highest BCUT2D eigenvalue weighted by atomic mass is 19.4. The first-order valence-electron chi connectivity index (χ1n) is 8.37. The minimum Gasteiger partial charge on any atom is -0.508 e. The van der Waals surface area contributed by atoms with Gasteiger partial charge in [0.2, 0.25) is 0 Å². The van der Waals surface area contributed by atoms with E-state index < -0.39 is 35.9 Å². The third kappa shape index (κ3) is 4.69. The maximum atomic E-state index is 13.8. The van der Waals surface area contributed by atoms with Crippen LogP contribution < -0.4 is 0 Å². The summed E-state index contributed by atoms with van der Waals surface area (Å²) < 4.78 is 54.8. The largest absolute Gasteiger partial charge is 0.508 e. The molecule has 2 N–H and O–H groups in total. The van der Waals surface area contributed by atoms with Crippen molar-refractivity contribution in [1.29, 1.82) is 0 Å². The second kappa shape index (κ2) is 7.35. The first kappa shape index (κ1) is 21.0. The molecule has 0 saturated carbocycles. The second-order valence-corrected chi connectivity index (χ2v) is 7.37. The molecule has 2 rings (SSSR count). The molecule has 0 aliphatic rings. The number of halogens is 4. The first-order chi connectivity index (χ1) is 12.4. The van der Waals surface area contributed by atoms with E-state index in [1.807, 2.05) is 0 Å². The van der Waals surface area contributed by atoms with Crippen LogP contribution >= 0.6 is 0 Å². The van der Waals surface area contributed by atoms with Crippen molar-refractivity contribution in [1.82, 2.24) is 0 Å². The molecule has 0 aliphatic heterocycles. The smallest absolute Gasteiger partial charge is 0.417 e. The number of rotatable bonds is 6. The number of alkyl halides is 3. The maximum Gasteiger partial charge on any atom is 0.417 e. The summed E-state index contributed by atoms with van der Waals surface area (Å²) in [6.07, 6.45) is -4.75. The van der Waals surface area contributed by atoms with E-state index in [4.69, 9.17) is 0 Å². The van der Waals surface area contributed by atoms with Gasteiger partial charge in [0.05, 0.1) is 0 Å². The molecule has 0 amide bonds. The lowest BCUT2D eigenvalue weighted by molar-refractivity contribution is -0.266. The zero-order valence-corrected chi connectivity index (χ0v) is 15.1. The molecule has 0 bridgehead atoms. The number of aromatic hydroxyl groups is 1. The van der Waals surface area contributed by atoms with Gasteiger partial charge in [-0.3, -0.25) is 0 Å². The minimum absolute atomic E-state index is 0.00665. The predicted molar refractivity (Wildman–Crippen MR) is 96.9 cm³/mol. The zero-order valence-electron chi connectivity index (χ0n) is 15.1. The van der Waals surface area contributed by atoms with Gasteiger partial charge in [0.15, 0.2) is 5.60 Å². The Labute approximate surface area is 155 Å². The summed E-state index contributed by atoms with van der Waals surface area (Å²) in [7, 11) is 0. The Hall–Kier alpha value is -2.34. The van der Waals surface area contributed by atoms with Crippen molar-refractivity contribution in [2.75, 3.05) is 0 Å². The summed E-state index contributed by atoms with van der Waals surface area (Å²) >= 11 is 0. The van der Waals surface area contributed by atoms with Gasteiger partial charge in [-0.25, -0.2) is 4.39 Å². The van der Waals surface area contributed by atoms with Crippen LogP contribution in [0, 0.1) is 5.82 Å². The molecule has 6 heteroatoms. The Balaban J connectivity index is 2.40. The van der Waals surface area contributed by atoms with Crippen LogP contribution in [0.2, 0.25) is 0 Å². The molecule has 1 atom stereocenters. The molecule has 0 aromatic heterocycles. The predicted octanol–water partition coefficient (Wildman–Crippen LogP) is 5.38. The Morgan fingerprint density at radius 2 is 1.63 bits per heavy atom. The lowest BCUT2D eigenvalue weighted by Gasteiger charge is -2.38. The molecular formula is C21H22F4O2. The molecule has 0 saturated heterocycles. The van der Waals surface area contributed by atoms with Crippen molar-refractivity contribution in [3.63, 3.8) is 0 Å². The number of benzene rings is 2. The second-order valence-electron chi connectivity index (χ2n) is 7.37. The van der Waals surface area contributed by atoms with Crippen LogP contribution in [0.15, 0.2) is 49.0 Å². The van der Waals surface area contributed by atoms with Crippen LogP contribution in [-0.4, -0.2) is 22.0 Å². The van der Waals surface area contributed by atoms with Gasteiger partial charge in [-0.05, 0) is 41.2 Å². The van der Waals surface area contributed by atoms with Crippen LogP contribution in [0.3, 0.4) is 0 Å². The van der Waals surface area contributed by atoms with Crippen molar-refractivity contribution < 1.29 is 27.8 Å². The Morgan fingerprint density at radius 1 is 1.04 bits per heavy atom. The topological polar surface area (TPSA) is 40.5 Å². The van der Waals surface area contributed by atoms with Crippen molar-refractivity contribution >= 4 is 6.08 Å². The monoisotopic (exact) mass is 382 g/mol. The highest BCUT2D eigenvalue weighted by molar-refractivity contribution is 5.47. The van der Waals surface area contributed by atoms with Crippen molar-refractivity contribution in [3.05, 3.63) is 71.6 Å². The van der Waals surface area contributed by atoms with Crippen molar-refractivity contribution in [3.8, 4) is 5.75 Å². The molecule has 146 valence electrons. The Morgan fingerprint density at radius 3 is 2.15 bits per heavy atom. The zero-order chi connectivity index (χ0) is 20.5. The van der Waals surface area contributed by atoms with Gasteiger partial charge in [0.25, 0.3) is 0 Å². The third-order valence-corrected chi connectivity index (χ3v) is 4.66. The molecule has 27 heavy (non-hydrogen) atoms. The Kier molecular flexibility index (Phi) is 5.71. The highest BCUT2D eigenvalue weighted by Gasteiger charge is 2.56. The van der Waals surface area contributed by atoms with E-state index in [-0.39, 0.29) is 11.3 Å². The standard InChI is InChI=1S/C21H22F4O2/c1-4-14-5-7-15(8-6-14)12-20(27,21(23,24)25)13-19(2,3)17-11-16(22)9-10-18(17)26/h4-11,26-27H,1,12-13H2,2-3H3. The fourth-order valence-corrected chi connectivity index (χ4v) is 3.25. The molecular weight excluding hydrogens is 360 g/mol. The molecule has 2 aromatic rings. The molecule has 0 spiro atoms. The Bertz CT molecular complexity index is 810.